The summed E-state index contributed by atoms with van der Waals surface area (Å²) >= 11 is 0. The fourth-order valence-corrected chi connectivity index (χ4v) is 3.07. The Morgan fingerprint density at radius 2 is 2.24 bits per heavy atom. The summed E-state index contributed by atoms with van der Waals surface area (Å²) in [5.74, 6) is 0.352. The minimum atomic E-state index is -0.445. The van der Waals surface area contributed by atoms with Crippen LogP contribution in [-0.4, -0.2) is 35.4 Å². The van der Waals surface area contributed by atoms with Crippen LogP contribution in [-0.2, 0) is 11.2 Å². The first kappa shape index (κ1) is 15.4. The van der Waals surface area contributed by atoms with Crippen LogP contribution in [0.25, 0.3) is 0 Å². The molecule has 2 N–H and O–H groups in total. The Bertz CT molecular complexity index is 533. The quantitative estimate of drug-likeness (QED) is 0.660. The van der Waals surface area contributed by atoms with Gasteiger partial charge in [0.25, 0.3) is 5.69 Å². The van der Waals surface area contributed by atoms with Gasteiger partial charge in [-0.3, -0.25) is 14.9 Å². The van der Waals surface area contributed by atoms with Crippen LogP contribution in [0.4, 0.5) is 5.69 Å². The van der Waals surface area contributed by atoms with Gasteiger partial charge in [-0.15, -0.1) is 0 Å². The van der Waals surface area contributed by atoms with Crippen molar-refractivity contribution in [3.63, 3.8) is 0 Å². The molecule has 0 aromatic heterocycles. The summed E-state index contributed by atoms with van der Waals surface area (Å²) < 4.78 is 0. The number of non-ortho nitro benzene ring substituents is 1. The molecule has 2 unspecified atom stereocenters. The second-order valence-corrected chi connectivity index (χ2v) is 5.60. The summed E-state index contributed by atoms with van der Waals surface area (Å²) in [6.07, 6.45) is 3.33. The second-order valence-electron chi connectivity index (χ2n) is 5.60. The average molecular weight is 291 g/mol. The van der Waals surface area contributed by atoms with Crippen molar-refractivity contribution in [2.45, 2.75) is 31.7 Å². The molecule has 2 rings (SSSR count). The lowest BCUT2D eigenvalue weighted by molar-refractivity contribution is -0.384. The molecule has 1 aromatic carbocycles. The van der Waals surface area contributed by atoms with E-state index in [9.17, 15) is 14.9 Å². The van der Waals surface area contributed by atoms with E-state index in [-0.39, 0.29) is 24.1 Å². The molecule has 0 bridgehead atoms. The van der Waals surface area contributed by atoms with Gasteiger partial charge in [0, 0.05) is 25.2 Å². The highest BCUT2D eigenvalue weighted by Gasteiger charge is 2.31. The fraction of sp³-hybridized carbons (Fsp3) is 0.533. The molecule has 1 fully saturated rings. The lowest BCUT2D eigenvalue weighted by atomic mass is 10.0. The molecule has 1 aliphatic carbocycles. The highest BCUT2D eigenvalue weighted by molar-refractivity contribution is 5.79. The van der Waals surface area contributed by atoms with E-state index < -0.39 is 4.92 Å². The van der Waals surface area contributed by atoms with Gasteiger partial charge in [0.15, 0.2) is 0 Å². The molecule has 6 nitrogen and oxygen atoms in total. The third-order valence-electron chi connectivity index (χ3n) is 4.29. The Balaban J connectivity index is 2.03. The van der Waals surface area contributed by atoms with Crippen LogP contribution in [0.1, 0.15) is 24.8 Å². The standard InChI is InChI=1S/C15H21N3O3/c1-17(14-7-3-5-12(14)10-16)15(19)9-11-4-2-6-13(8-11)18(20)21/h2,4,6,8,12,14H,3,5,7,9-10,16H2,1H3. The van der Waals surface area contributed by atoms with Crippen LogP contribution < -0.4 is 5.73 Å². The molecule has 1 aromatic rings. The molecular weight excluding hydrogens is 270 g/mol. The molecule has 0 aliphatic heterocycles. The molecule has 0 heterocycles. The zero-order valence-electron chi connectivity index (χ0n) is 12.2. The van der Waals surface area contributed by atoms with Crippen molar-refractivity contribution in [2.24, 2.45) is 11.7 Å². The van der Waals surface area contributed by atoms with E-state index in [2.05, 4.69) is 0 Å². The van der Waals surface area contributed by atoms with Crippen molar-refractivity contribution in [1.82, 2.24) is 4.90 Å². The molecule has 0 spiro atoms. The van der Waals surface area contributed by atoms with Crippen molar-refractivity contribution in [3.05, 3.63) is 39.9 Å². The lowest BCUT2D eigenvalue weighted by Crippen LogP contribution is -2.42. The van der Waals surface area contributed by atoms with Crippen molar-refractivity contribution < 1.29 is 9.72 Å². The highest BCUT2D eigenvalue weighted by Crippen LogP contribution is 2.29. The minimum absolute atomic E-state index is 0.0131. The number of likely N-dealkylation sites (N-methyl/N-ethyl adjacent to an activating group) is 1. The van der Waals surface area contributed by atoms with Crippen molar-refractivity contribution in [2.75, 3.05) is 13.6 Å². The third kappa shape index (κ3) is 3.58. The SMILES string of the molecule is CN(C(=O)Cc1cccc([N+](=O)[O-])c1)C1CCCC1CN. The Morgan fingerprint density at radius 1 is 1.48 bits per heavy atom. The van der Waals surface area contributed by atoms with E-state index in [0.29, 0.717) is 18.0 Å². The molecule has 0 saturated heterocycles. The smallest absolute Gasteiger partial charge is 0.269 e. The van der Waals surface area contributed by atoms with Gasteiger partial charge in [-0.2, -0.15) is 0 Å². The number of nitro groups is 1. The Morgan fingerprint density at radius 3 is 2.90 bits per heavy atom. The molecule has 1 saturated carbocycles. The van der Waals surface area contributed by atoms with E-state index in [4.69, 9.17) is 5.73 Å². The Hall–Kier alpha value is -1.95. The van der Waals surface area contributed by atoms with Gasteiger partial charge in [-0.1, -0.05) is 18.6 Å². The first-order valence-electron chi connectivity index (χ1n) is 7.22. The predicted molar refractivity (Wildman–Crippen MR) is 79.8 cm³/mol. The first-order chi connectivity index (χ1) is 10.0. The molecular formula is C15H21N3O3. The van der Waals surface area contributed by atoms with E-state index in [1.165, 1.54) is 12.1 Å². The van der Waals surface area contributed by atoms with E-state index in [0.717, 1.165) is 19.3 Å². The van der Waals surface area contributed by atoms with Crippen LogP contribution in [0.3, 0.4) is 0 Å². The number of carbonyl (C=O) groups is 1. The van der Waals surface area contributed by atoms with Crippen LogP contribution in [0.5, 0.6) is 0 Å². The maximum absolute atomic E-state index is 12.4. The first-order valence-corrected chi connectivity index (χ1v) is 7.22. The summed E-state index contributed by atoms with van der Waals surface area (Å²) in [4.78, 5) is 24.4. The van der Waals surface area contributed by atoms with Crippen LogP contribution in [0.2, 0.25) is 0 Å². The third-order valence-corrected chi connectivity index (χ3v) is 4.29. The zero-order valence-corrected chi connectivity index (χ0v) is 12.2. The molecule has 2 atom stereocenters. The minimum Gasteiger partial charge on any atom is -0.342 e. The Labute approximate surface area is 124 Å². The Kier molecular flexibility index (Phi) is 4.90. The number of nitrogens with zero attached hydrogens (tertiary/aromatic N) is 2. The van der Waals surface area contributed by atoms with Crippen LogP contribution in [0.15, 0.2) is 24.3 Å². The fourth-order valence-electron chi connectivity index (χ4n) is 3.07. The molecule has 114 valence electrons. The monoisotopic (exact) mass is 291 g/mol. The summed E-state index contributed by atoms with van der Waals surface area (Å²) in [6.45, 7) is 0.596. The number of rotatable bonds is 5. The number of amides is 1. The molecule has 1 aliphatic rings. The molecule has 21 heavy (non-hydrogen) atoms. The summed E-state index contributed by atoms with van der Waals surface area (Å²) in [5.41, 5.74) is 6.44. The van der Waals surface area contributed by atoms with Crippen LogP contribution in [0, 0.1) is 16.0 Å². The summed E-state index contributed by atoms with van der Waals surface area (Å²) in [7, 11) is 1.80. The van der Waals surface area contributed by atoms with Gasteiger partial charge >= 0.3 is 0 Å². The number of hydrogen-bond acceptors (Lipinski definition) is 4. The number of nitro benzene ring substituents is 1. The van der Waals surface area contributed by atoms with Crippen molar-refractivity contribution in [3.8, 4) is 0 Å². The largest absolute Gasteiger partial charge is 0.342 e. The van der Waals surface area contributed by atoms with Gasteiger partial charge in [0.2, 0.25) is 5.91 Å². The van der Waals surface area contributed by atoms with Crippen LogP contribution >= 0.6 is 0 Å². The van der Waals surface area contributed by atoms with Gasteiger partial charge in [0.1, 0.15) is 0 Å². The topological polar surface area (TPSA) is 89.5 Å². The maximum Gasteiger partial charge on any atom is 0.269 e. The number of benzene rings is 1. The normalized spacial score (nSPS) is 21.2. The van der Waals surface area contributed by atoms with Gasteiger partial charge < -0.3 is 10.6 Å². The molecule has 6 heteroatoms. The zero-order chi connectivity index (χ0) is 15.4. The lowest BCUT2D eigenvalue weighted by Gasteiger charge is -2.29. The van der Waals surface area contributed by atoms with Gasteiger partial charge in [0.05, 0.1) is 11.3 Å². The summed E-state index contributed by atoms with van der Waals surface area (Å²) in [6, 6.07) is 6.44. The van der Waals surface area contributed by atoms with E-state index in [1.807, 2.05) is 0 Å². The van der Waals surface area contributed by atoms with E-state index >= 15 is 0 Å². The average Bonchev–Trinajstić information content (AvgIpc) is 2.95. The van der Waals surface area contributed by atoms with Crippen molar-refractivity contribution >= 4 is 11.6 Å². The van der Waals surface area contributed by atoms with Gasteiger partial charge in [-0.25, -0.2) is 0 Å². The number of nitrogens with two attached hydrogens (primary N) is 1. The van der Waals surface area contributed by atoms with Crippen molar-refractivity contribution in [1.29, 1.82) is 0 Å². The predicted octanol–water partition coefficient (Wildman–Crippen LogP) is 1.72. The second kappa shape index (κ2) is 6.67. The number of hydrogen-bond donors (Lipinski definition) is 1. The summed E-state index contributed by atoms with van der Waals surface area (Å²) in [5, 5.41) is 10.8. The highest BCUT2D eigenvalue weighted by atomic mass is 16.6. The molecule has 0 radical (unpaired) electrons. The molecule has 1 amide bonds. The maximum atomic E-state index is 12.4. The van der Waals surface area contributed by atoms with Gasteiger partial charge in [-0.05, 0) is 30.9 Å². The van der Waals surface area contributed by atoms with E-state index in [1.54, 1.807) is 24.1 Å². The number of carbonyl (C=O) groups excluding carboxylic acids is 1.